The van der Waals surface area contributed by atoms with Gasteiger partial charge in [-0.1, -0.05) is 127 Å². The molecular weight excluding hydrogens is 855 g/mol. The second-order valence-corrected chi connectivity index (χ2v) is 19.8. The third-order valence-corrected chi connectivity index (χ3v) is 15.6. The Hall–Kier alpha value is -6.07. The number of aromatic nitrogens is 1. The number of thiazole rings is 1. The summed E-state index contributed by atoms with van der Waals surface area (Å²) in [5, 5.41) is 4.79. The quantitative estimate of drug-likeness (QED) is 0.0941. The van der Waals surface area contributed by atoms with E-state index in [-0.39, 0.29) is 34.1 Å². The maximum Gasteiger partial charge on any atom is 0.356 e. The van der Waals surface area contributed by atoms with Crippen LogP contribution in [0.5, 0.6) is 0 Å². The molecule has 4 heterocycles. The zero-order valence-electron chi connectivity index (χ0n) is 32.2. The van der Waals surface area contributed by atoms with Crippen molar-refractivity contribution in [3.8, 4) is 0 Å². The minimum absolute atomic E-state index is 0.000970. The van der Waals surface area contributed by atoms with Gasteiger partial charge in [0, 0.05) is 10.3 Å². The van der Waals surface area contributed by atoms with Gasteiger partial charge >= 0.3 is 11.9 Å². The third-order valence-electron chi connectivity index (χ3n) is 10.00. The van der Waals surface area contributed by atoms with E-state index < -0.39 is 79.5 Å². The molecule has 2 amide bonds. The van der Waals surface area contributed by atoms with Crippen molar-refractivity contribution in [2.24, 2.45) is 0 Å². The number of nitrogens with one attached hydrogen (secondary N) is 1. The lowest BCUT2D eigenvalue weighted by Crippen LogP contribution is -2.73. The van der Waals surface area contributed by atoms with Crippen LogP contribution >= 0.6 is 22.7 Å². The highest BCUT2D eigenvalue weighted by molar-refractivity contribution is 7.93. The minimum atomic E-state index is -4.35. The van der Waals surface area contributed by atoms with E-state index >= 15 is 0 Å². The molecule has 0 spiro atoms. The number of hydrogen-bond donors (Lipinski definition) is 1. The maximum absolute atomic E-state index is 14.5. The average Bonchev–Trinajstić information content (AvgIpc) is 3.98. The molecule has 0 saturated carbocycles. The Labute approximate surface area is 362 Å². The molecule has 1 saturated heterocycles. The van der Waals surface area contributed by atoms with Crippen LogP contribution in [0.1, 0.15) is 45.0 Å². The number of carbonyl (C=O) groups excluding carboxylic acids is 4. The van der Waals surface area contributed by atoms with Crippen LogP contribution in [0.3, 0.4) is 0 Å². The Balaban J connectivity index is 1.06. The predicted octanol–water partition coefficient (Wildman–Crippen LogP) is 6.10. The first-order valence-electron chi connectivity index (χ1n) is 19.1. The molecular formula is C45H37N3O9S4. The molecule has 2 aliphatic rings. The zero-order valence-corrected chi connectivity index (χ0v) is 35.5. The molecule has 0 bridgehead atoms. The second kappa shape index (κ2) is 18.3. The molecule has 310 valence electrons. The number of thiophene rings is 1. The van der Waals surface area contributed by atoms with Crippen molar-refractivity contribution in [1.29, 1.82) is 0 Å². The molecule has 2 aliphatic heterocycles. The van der Waals surface area contributed by atoms with E-state index in [2.05, 4.69) is 10.3 Å². The van der Waals surface area contributed by atoms with E-state index in [9.17, 15) is 31.8 Å². The summed E-state index contributed by atoms with van der Waals surface area (Å²) in [7, 11) is -6.29. The van der Waals surface area contributed by atoms with Gasteiger partial charge in [-0.25, -0.2) is 18.2 Å². The molecule has 0 radical (unpaired) electrons. The van der Waals surface area contributed by atoms with Crippen LogP contribution in [-0.2, 0) is 62.1 Å². The fourth-order valence-electron chi connectivity index (χ4n) is 7.20. The lowest BCUT2D eigenvalue weighted by molar-refractivity contribution is -0.154. The zero-order chi connectivity index (χ0) is 42.5. The van der Waals surface area contributed by atoms with Gasteiger partial charge in [-0.15, -0.1) is 22.7 Å². The number of benzene rings is 4. The average molecular weight is 892 g/mol. The van der Waals surface area contributed by atoms with E-state index in [0.29, 0.717) is 11.1 Å². The Kier molecular flexibility index (Phi) is 12.5. The lowest BCUT2D eigenvalue weighted by Gasteiger charge is -2.49. The van der Waals surface area contributed by atoms with Crippen molar-refractivity contribution in [3.05, 3.63) is 188 Å². The number of fused-ring (bicyclic) bond motifs is 1. The lowest BCUT2D eigenvalue weighted by atomic mass is 10.0. The van der Waals surface area contributed by atoms with Crippen molar-refractivity contribution in [3.63, 3.8) is 0 Å². The maximum atomic E-state index is 14.5. The van der Waals surface area contributed by atoms with Gasteiger partial charge in [0.2, 0.25) is 20.1 Å². The van der Waals surface area contributed by atoms with Crippen LogP contribution in [0.25, 0.3) is 0 Å². The summed E-state index contributed by atoms with van der Waals surface area (Å²) in [6.07, 6.45) is -1.98. The van der Waals surface area contributed by atoms with Gasteiger partial charge in [-0.3, -0.25) is 23.5 Å². The number of hydrogen-bond acceptors (Lipinski definition) is 12. The number of esters is 2. The second-order valence-electron chi connectivity index (χ2n) is 14.2. The molecule has 1 unspecified atom stereocenters. The molecule has 2 aromatic heterocycles. The smallest absolute Gasteiger partial charge is 0.356 e. The highest BCUT2D eigenvalue weighted by atomic mass is 32.2. The number of ether oxygens (including phenoxy) is 2. The topological polar surface area (TPSA) is 166 Å². The largest absolute Gasteiger partial charge is 0.452 e. The van der Waals surface area contributed by atoms with E-state index in [1.54, 1.807) is 60.7 Å². The van der Waals surface area contributed by atoms with Crippen molar-refractivity contribution >= 4 is 67.1 Å². The predicted molar refractivity (Wildman–Crippen MR) is 230 cm³/mol. The number of β-lactam (4-membered cyclic amide) rings is 1. The molecule has 12 nitrogen and oxygen atoms in total. The summed E-state index contributed by atoms with van der Waals surface area (Å²) < 4.78 is 53.9. The number of nitrogens with zero attached hydrogens (tertiary/aromatic N) is 2. The van der Waals surface area contributed by atoms with Crippen molar-refractivity contribution in [2.75, 3.05) is 11.5 Å². The summed E-state index contributed by atoms with van der Waals surface area (Å²) in [6, 6.07) is 38.7. The highest BCUT2D eigenvalue weighted by Crippen LogP contribution is 2.38. The van der Waals surface area contributed by atoms with Crippen molar-refractivity contribution in [1.82, 2.24) is 15.2 Å². The van der Waals surface area contributed by atoms with Gasteiger partial charge in [0.25, 0.3) is 5.91 Å². The number of amides is 2. The monoisotopic (exact) mass is 891 g/mol. The first-order valence-corrected chi connectivity index (χ1v) is 23.9. The van der Waals surface area contributed by atoms with Gasteiger partial charge in [-0.2, -0.15) is 0 Å². The SMILES string of the molecule is O=C(Cc1cccs1)N[C@@H]1C(=O)N2C(C(=O)OC(c3ccccc3)c3ccccc3)=C(CS(=O)(=O)c3nc(CC(=O)OC(c4ccccc4)c4ccccc4)cs3)CS(=O)[C@H]12. The Morgan fingerprint density at radius 2 is 1.30 bits per heavy atom. The van der Waals surface area contributed by atoms with Gasteiger partial charge in [0.1, 0.15) is 17.1 Å². The van der Waals surface area contributed by atoms with E-state index in [1.807, 2.05) is 78.2 Å². The minimum Gasteiger partial charge on any atom is -0.452 e. The molecule has 61 heavy (non-hydrogen) atoms. The summed E-state index contributed by atoms with van der Waals surface area (Å²) in [6.45, 7) is 0. The fraction of sp³-hybridized carbons (Fsp3) is 0.178. The third kappa shape index (κ3) is 9.32. The molecule has 1 fully saturated rings. The Bertz CT molecular complexity index is 2630. The number of rotatable bonds is 15. The van der Waals surface area contributed by atoms with Crippen molar-refractivity contribution in [2.45, 2.75) is 40.8 Å². The van der Waals surface area contributed by atoms with Gasteiger partial charge < -0.3 is 14.8 Å². The van der Waals surface area contributed by atoms with Gasteiger partial charge in [0.05, 0.1) is 40.8 Å². The molecule has 3 atom stereocenters. The van der Waals surface area contributed by atoms with E-state index in [4.69, 9.17) is 9.47 Å². The van der Waals surface area contributed by atoms with Gasteiger partial charge in [0.15, 0.2) is 12.2 Å². The standard InChI is InChI=1S/C45H37N3O9S4/c49-36(25-35-22-13-23-58-35)47-38-42(51)48-39(44(52)57-41(31-18-9-3-10-19-31)32-20-11-4-12-21-32)33(27-60(53)43(38)48)28-61(54,55)45-46-34(26-59-45)24-37(50)56-40(29-14-5-1-6-15-29)30-16-7-2-8-17-30/h1-23,26,38,40-41,43H,24-25,27-28H2,(H,47,49)/t38-,43-,60?/m1/s1. The van der Waals surface area contributed by atoms with Crippen LogP contribution in [-0.4, -0.2) is 69.2 Å². The van der Waals surface area contributed by atoms with E-state index in [0.717, 1.165) is 32.2 Å². The molecule has 0 aliphatic carbocycles. The van der Waals surface area contributed by atoms with Crippen LogP contribution < -0.4 is 5.32 Å². The molecule has 16 heteroatoms. The van der Waals surface area contributed by atoms with Crippen molar-refractivity contribution < 1.29 is 41.3 Å². The summed E-state index contributed by atoms with van der Waals surface area (Å²) >= 11 is 2.16. The number of carbonyl (C=O) groups is 4. The summed E-state index contributed by atoms with van der Waals surface area (Å²) in [5.74, 6) is -4.05. The number of sulfone groups is 1. The molecule has 6 aromatic rings. The molecule has 1 N–H and O–H groups in total. The van der Waals surface area contributed by atoms with Crippen LogP contribution in [0.4, 0.5) is 0 Å². The highest BCUT2D eigenvalue weighted by Gasteiger charge is 2.58. The van der Waals surface area contributed by atoms with Crippen LogP contribution in [0, 0.1) is 0 Å². The Morgan fingerprint density at radius 1 is 0.754 bits per heavy atom. The summed E-state index contributed by atoms with van der Waals surface area (Å²) in [4.78, 5) is 60.7. The summed E-state index contributed by atoms with van der Waals surface area (Å²) in [5.41, 5.74) is 2.44. The first kappa shape index (κ1) is 41.7. The molecule has 8 rings (SSSR count). The van der Waals surface area contributed by atoms with E-state index in [1.165, 1.54) is 16.7 Å². The fourth-order valence-corrected chi connectivity index (χ4v) is 12.3. The normalized spacial score (nSPS) is 17.4. The van der Waals surface area contributed by atoms with Crippen LogP contribution in [0.2, 0.25) is 0 Å². The van der Waals surface area contributed by atoms with Crippen LogP contribution in [0.15, 0.2) is 160 Å². The first-order chi connectivity index (χ1) is 29.6. The molecule has 4 aromatic carbocycles. The Morgan fingerprint density at radius 3 is 1.82 bits per heavy atom. The van der Waals surface area contributed by atoms with Gasteiger partial charge in [-0.05, 0) is 39.3 Å².